The lowest BCUT2D eigenvalue weighted by Gasteiger charge is -2.15. The smallest absolute Gasteiger partial charge is 0.326 e. The Labute approximate surface area is 181 Å². The lowest BCUT2D eigenvalue weighted by Crippen LogP contribution is -2.19. The second-order valence-electron chi connectivity index (χ2n) is 6.86. The highest BCUT2D eigenvalue weighted by molar-refractivity contribution is 7.13. The lowest BCUT2D eigenvalue weighted by atomic mass is 10.1. The first-order valence-corrected chi connectivity index (χ1v) is 10.4. The highest BCUT2D eigenvalue weighted by Gasteiger charge is 2.34. The third-order valence-corrected chi connectivity index (χ3v) is 5.36. The molecule has 0 radical (unpaired) electrons. The Kier molecular flexibility index (Phi) is 6.74. The number of aryl methyl sites for hydroxylation is 1. The summed E-state index contributed by atoms with van der Waals surface area (Å²) in [6, 6.07) is 11.1. The molecule has 2 aromatic carbocycles. The molecule has 0 saturated heterocycles. The lowest BCUT2D eigenvalue weighted by molar-refractivity contribution is -0.137. The van der Waals surface area contributed by atoms with Crippen LogP contribution in [0.4, 0.5) is 24.5 Å². The first-order valence-electron chi connectivity index (χ1n) is 9.48. The van der Waals surface area contributed by atoms with E-state index in [4.69, 9.17) is 0 Å². The average molecular weight is 447 g/mol. The predicted octanol–water partition coefficient (Wildman–Crippen LogP) is 5.53. The Balaban J connectivity index is 1.73. The molecule has 0 spiro atoms. The molecular weight excluding hydrogens is 427 g/mol. The van der Waals surface area contributed by atoms with Crippen molar-refractivity contribution in [2.24, 2.45) is 0 Å². The third-order valence-electron chi connectivity index (χ3n) is 4.42. The van der Waals surface area contributed by atoms with E-state index in [1.54, 1.807) is 5.38 Å². The number of benzene rings is 2. The maximum absolute atomic E-state index is 13.4. The largest absolute Gasteiger partial charge is 0.418 e. The van der Waals surface area contributed by atoms with Crippen LogP contribution in [0.2, 0.25) is 0 Å². The third kappa shape index (κ3) is 5.91. The number of carbonyl (C=O) groups is 2. The number of anilines is 2. The number of alkyl halides is 3. The fourth-order valence-electron chi connectivity index (χ4n) is 2.93. The van der Waals surface area contributed by atoms with Crippen LogP contribution in [0.15, 0.2) is 47.8 Å². The zero-order chi connectivity index (χ0) is 22.6. The van der Waals surface area contributed by atoms with Crippen molar-refractivity contribution in [1.82, 2.24) is 4.98 Å². The number of halogens is 3. The summed E-state index contributed by atoms with van der Waals surface area (Å²) in [4.78, 5) is 27.9. The van der Waals surface area contributed by atoms with Crippen molar-refractivity contribution in [1.29, 1.82) is 0 Å². The van der Waals surface area contributed by atoms with E-state index in [9.17, 15) is 22.8 Å². The second kappa shape index (κ2) is 9.30. The van der Waals surface area contributed by atoms with Gasteiger partial charge in [0.1, 0.15) is 5.01 Å². The fourth-order valence-corrected chi connectivity index (χ4v) is 3.76. The Hall–Kier alpha value is -3.20. The highest BCUT2D eigenvalue weighted by atomic mass is 32.1. The van der Waals surface area contributed by atoms with Gasteiger partial charge in [-0.3, -0.25) is 9.59 Å². The molecule has 3 aromatic rings. The maximum atomic E-state index is 13.4. The molecule has 5 nitrogen and oxygen atoms in total. The van der Waals surface area contributed by atoms with Gasteiger partial charge in [-0.05, 0) is 30.2 Å². The Morgan fingerprint density at radius 1 is 1.06 bits per heavy atom. The average Bonchev–Trinajstić information content (AvgIpc) is 3.16. The van der Waals surface area contributed by atoms with Crippen LogP contribution in [0.25, 0.3) is 10.6 Å². The zero-order valence-electron chi connectivity index (χ0n) is 16.8. The molecule has 31 heavy (non-hydrogen) atoms. The van der Waals surface area contributed by atoms with Crippen LogP contribution in [-0.4, -0.2) is 16.8 Å². The van der Waals surface area contributed by atoms with E-state index in [1.165, 1.54) is 29.9 Å². The Morgan fingerprint density at radius 2 is 1.77 bits per heavy atom. The van der Waals surface area contributed by atoms with Crippen LogP contribution < -0.4 is 10.6 Å². The van der Waals surface area contributed by atoms with Gasteiger partial charge in [0.05, 0.1) is 23.4 Å². The van der Waals surface area contributed by atoms with Gasteiger partial charge in [-0.25, -0.2) is 4.98 Å². The number of nitrogens with zero attached hydrogens (tertiary/aromatic N) is 1. The standard InChI is InChI=1S/C22H20F3N3O2S/c1-3-14-4-6-15(7-5-14)21-27-17(12-31-21)11-20(30)28-19-9-8-16(26-13(2)29)10-18(19)22(23,24)25/h4-10,12H,3,11H2,1-2H3,(H,26,29)(H,28,30). The molecule has 9 heteroatoms. The Morgan fingerprint density at radius 3 is 2.39 bits per heavy atom. The van der Waals surface area contributed by atoms with Crippen molar-refractivity contribution >= 4 is 34.5 Å². The quantitative estimate of drug-likeness (QED) is 0.522. The maximum Gasteiger partial charge on any atom is 0.418 e. The molecule has 0 atom stereocenters. The van der Waals surface area contributed by atoms with Crippen LogP contribution in [0, 0.1) is 0 Å². The topological polar surface area (TPSA) is 71.1 Å². The number of nitrogens with one attached hydrogen (secondary N) is 2. The van der Waals surface area contributed by atoms with E-state index in [0.717, 1.165) is 29.1 Å². The first-order chi connectivity index (χ1) is 14.7. The number of aromatic nitrogens is 1. The molecule has 0 unspecified atom stereocenters. The number of hydrogen-bond donors (Lipinski definition) is 2. The fraction of sp³-hybridized carbons (Fsp3) is 0.227. The molecule has 1 aromatic heterocycles. The SMILES string of the molecule is CCc1ccc(-c2nc(CC(=O)Nc3ccc(NC(C)=O)cc3C(F)(F)F)cs2)cc1. The molecular formula is C22H20F3N3O2S. The van der Waals surface area contributed by atoms with E-state index in [-0.39, 0.29) is 17.8 Å². The summed E-state index contributed by atoms with van der Waals surface area (Å²) in [5, 5.41) is 7.06. The minimum Gasteiger partial charge on any atom is -0.326 e. The minimum atomic E-state index is -4.70. The molecule has 0 aliphatic carbocycles. The van der Waals surface area contributed by atoms with Gasteiger partial charge in [-0.2, -0.15) is 13.2 Å². The van der Waals surface area contributed by atoms with Crippen LogP contribution in [0.1, 0.15) is 30.7 Å². The summed E-state index contributed by atoms with van der Waals surface area (Å²) in [5.74, 6) is -1.11. The number of carbonyl (C=O) groups excluding carboxylic acids is 2. The second-order valence-corrected chi connectivity index (χ2v) is 7.72. The van der Waals surface area contributed by atoms with Gasteiger partial charge >= 0.3 is 6.18 Å². The van der Waals surface area contributed by atoms with Gasteiger partial charge in [0.15, 0.2) is 0 Å². The number of hydrogen-bond acceptors (Lipinski definition) is 4. The monoisotopic (exact) mass is 447 g/mol. The van der Waals surface area contributed by atoms with Crippen LogP contribution in [0.5, 0.6) is 0 Å². The molecule has 0 aliphatic heterocycles. The molecule has 0 bridgehead atoms. The Bertz CT molecular complexity index is 1090. The zero-order valence-corrected chi connectivity index (χ0v) is 17.7. The van der Waals surface area contributed by atoms with Gasteiger partial charge in [0, 0.05) is 23.6 Å². The van der Waals surface area contributed by atoms with Crippen molar-refractivity contribution in [3.63, 3.8) is 0 Å². The van der Waals surface area contributed by atoms with Crippen molar-refractivity contribution in [2.45, 2.75) is 32.9 Å². The van der Waals surface area contributed by atoms with Crippen LogP contribution in [0.3, 0.4) is 0 Å². The van der Waals surface area contributed by atoms with E-state index < -0.39 is 23.6 Å². The summed E-state index contributed by atoms with van der Waals surface area (Å²) < 4.78 is 40.2. The normalized spacial score (nSPS) is 11.3. The van der Waals surface area contributed by atoms with Crippen molar-refractivity contribution < 1.29 is 22.8 Å². The number of amides is 2. The van der Waals surface area contributed by atoms with Gasteiger partial charge in [-0.1, -0.05) is 31.2 Å². The van der Waals surface area contributed by atoms with E-state index in [1.807, 2.05) is 24.3 Å². The van der Waals surface area contributed by atoms with Crippen LogP contribution >= 0.6 is 11.3 Å². The molecule has 0 fully saturated rings. The number of rotatable bonds is 6. The highest BCUT2D eigenvalue weighted by Crippen LogP contribution is 2.36. The summed E-state index contributed by atoms with van der Waals surface area (Å²) in [6.07, 6.45) is -3.93. The molecule has 2 amide bonds. The van der Waals surface area contributed by atoms with Gasteiger partial charge in [0.25, 0.3) is 0 Å². The van der Waals surface area contributed by atoms with Crippen molar-refractivity contribution in [2.75, 3.05) is 10.6 Å². The first kappa shape index (κ1) is 22.5. The number of thiazole rings is 1. The van der Waals surface area contributed by atoms with Gasteiger partial charge < -0.3 is 10.6 Å². The predicted molar refractivity (Wildman–Crippen MR) is 115 cm³/mol. The molecule has 0 saturated carbocycles. The molecule has 162 valence electrons. The van der Waals surface area contributed by atoms with E-state index in [2.05, 4.69) is 22.5 Å². The molecule has 1 heterocycles. The summed E-state index contributed by atoms with van der Waals surface area (Å²) in [7, 11) is 0. The van der Waals surface area contributed by atoms with Gasteiger partial charge in [-0.15, -0.1) is 11.3 Å². The van der Waals surface area contributed by atoms with Gasteiger partial charge in [0.2, 0.25) is 11.8 Å². The summed E-state index contributed by atoms with van der Waals surface area (Å²) in [6.45, 7) is 3.26. The van der Waals surface area contributed by atoms with E-state index in [0.29, 0.717) is 5.69 Å². The molecule has 0 aliphatic rings. The van der Waals surface area contributed by atoms with Crippen LogP contribution in [-0.2, 0) is 28.6 Å². The molecule has 2 N–H and O–H groups in total. The van der Waals surface area contributed by atoms with E-state index >= 15 is 0 Å². The molecule has 3 rings (SSSR count). The minimum absolute atomic E-state index is 0.00365. The van der Waals surface area contributed by atoms with Crippen molar-refractivity contribution in [3.8, 4) is 10.6 Å². The summed E-state index contributed by atoms with van der Waals surface area (Å²) >= 11 is 1.37. The van der Waals surface area contributed by atoms with Crippen molar-refractivity contribution in [3.05, 3.63) is 64.7 Å². The summed E-state index contributed by atoms with van der Waals surface area (Å²) in [5.41, 5.74) is 1.17.